The molecule has 0 fully saturated rings. The molecule has 0 atom stereocenters. The van der Waals surface area contributed by atoms with Crippen molar-refractivity contribution in [2.45, 2.75) is 79.3 Å². The van der Waals surface area contributed by atoms with Gasteiger partial charge in [-0.3, -0.25) is 13.9 Å². The lowest BCUT2D eigenvalue weighted by Gasteiger charge is -2.13. The average molecular weight is 477 g/mol. The van der Waals surface area contributed by atoms with Crippen molar-refractivity contribution >= 4 is 0 Å². The van der Waals surface area contributed by atoms with Crippen LogP contribution in [0.1, 0.15) is 62.8 Å². The molecule has 0 aliphatic heterocycles. The van der Waals surface area contributed by atoms with Crippen molar-refractivity contribution in [1.29, 1.82) is 0 Å². The molecule has 3 aromatic rings. The van der Waals surface area contributed by atoms with Crippen molar-refractivity contribution in [3.63, 3.8) is 0 Å². The van der Waals surface area contributed by atoms with E-state index in [2.05, 4.69) is 76.2 Å². The molecule has 188 valence electrons. The van der Waals surface area contributed by atoms with E-state index in [0.29, 0.717) is 37.8 Å². The third-order valence-corrected chi connectivity index (χ3v) is 6.22. The Labute approximate surface area is 209 Å². The van der Waals surface area contributed by atoms with Gasteiger partial charge in [-0.1, -0.05) is 76.2 Å². The summed E-state index contributed by atoms with van der Waals surface area (Å²) >= 11 is 0. The van der Waals surface area contributed by atoms with Gasteiger partial charge < -0.3 is 5.11 Å². The van der Waals surface area contributed by atoms with Crippen LogP contribution in [0.4, 0.5) is 0 Å². The number of rotatable bonds is 12. The van der Waals surface area contributed by atoms with Gasteiger partial charge in [-0.05, 0) is 72.6 Å². The molecule has 1 heterocycles. The molecule has 0 unspecified atom stereocenters. The summed E-state index contributed by atoms with van der Waals surface area (Å²) in [4.78, 5) is 25.5. The summed E-state index contributed by atoms with van der Waals surface area (Å²) in [7, 11) is 0. The average Bonchev–Trinajstić information content (AvgIpc) is 2.78. The molecule has 5 heteroatoms. The van der Waals surface area contributed by atoms with Crippen LogP contribution < -0.4 is 11.2 Å². The van der Waals surface area contributed by atoms with Gasteiger partial charge in [-0.2, -0.15) is 0 Å². The molecule has 5 nitrogen and oxygen atoms in total. The zero-order valence-electron chi connectivity index (χ0n) is 21.7. The van der Waals surface area contributed by atoms with E-state index < -0.39 is 11.2 Å². The Balaban J connectivity index is 1.63. The lowest BCUT2D eigenvalue weighted by molar-refractivity contribution is 0.383. The predicted molar refractivity (Wildman–Crippen MR) is 143 cm³/mol. The van der Waals surface area contributed by atoms with Crippen LogP contribution in [0, 0.1) is 11.8 Å². The van der Waals surface area contributed by atoms with Gasteiger partial charge in [-0.25, -0.2) is 4.79 Å². The lowest BCUT2D eigenvalue weighted by Crippen LogP contribution is -2.39. The molecule has 0 bridgehead atoms. The molecule has 2 aromatic carbocycles. The van der Waals surface area contributed by atoms with Gasteiger partial charge in [0.15, 0.2) is 0 Å². The van der Waals surface area contributed by atoms with Crippen molar-refractivity contribution in [3.05, 3.63) is 97.7 Å². The van der Waals surface area contributed by atoms with Gasteiger partial charge in [0.2, 0.25) is 5.88 Å². The first-order valence-corrected chi connectivity index (χ1v) is 12.9. The Morgan fingerprint density at radius 2 is 1.14 bits per heavy atom. The van der Waals surface area contributed by atoms with Gasteiger partial charge in [0, 0.05) is 13.1 Å². The fourth-order valence-corrected chi connectivity index (χ4v) is 4.67. The molecule has 0 aliphatic carbocycles. The second kappa shape index (κ2) is 12.6. The predicted octanol–water partition coefficient (Wildman–Crippen LogP) is 5.38. The highest BCUT2D eigenvalue weighted by Crippen LogP contribution is 2.14. The van der Waals surface area contributed by atoms with Crippen LogP contribution in [0.5, 0.6) is 5.88 Å². The maximum absolute atomic E-state index is 13.0. The molecule has 35 heavy (non-hydrogen) atoms. The SMILES string of the molecule is CC(C)Cc1cccc(CCCn2c(O)cc(=O)n(CCCc3cccc(CC(C)C)c3)c2=O)c1. The van der Waals surface area contributed by atoms with Crippen molar-refractivity contribution in [2.24, 2.45) is 11.8 Å². The number of hydrogen-bond donors (Lipinski definition) is 1. The fourth-order valence-electron chi connectivity index (χ4n) is 4.67. The summed E-state index contributed by atoms with van der Waals surface area (Å²) < 4.78 is 2.57. The van der Waals surface area contributed by atoms with Crippen molar-refractivity contribution in [3.8, 4) is 5.88 Å². The normalized spacial score (nSPS) is 11.5. The first-order chi connectivity index (χ1) is 16.7. The van der Waals surface area contributed by atoms with Crippen LogP contribution in [0.2, 0.25) is 0 Å². The number of benzene rings is 2. The van der Waals surface area contributed by atoms with Crippen LogP contribution in [0.15, 0.2) is 64.2 Å². The van der Waals surface area contributed by atoms with E-state index in [9.17, 15) is 14.7 Å². The Morgan fingerprint density at radius 3 is 1.63 bits per heavy atom. The molecule has 1 N–H and O–H groups in total. The zero-order chi connectivity index (χ0) is 25.4. The fraction of sp³-hybridized carbons (Fsp3) is 0.467. The van der Waals surface area contributed by atoms with Gasteiger partial charge in [0.25, 0.3) is 5.56 Å². The lowest BCUT2D eigenvalue weighted by atomic mass is 9.99. The number of aromatic hydroxyl groups is 1. The summed E-state index contributed by atoms with van der Waals surface area (Å²) in [5.74, 6) is 0.945. The second-order valence-electron chi connectivity index (χ2n) is 10.5. The molecule has 0 aliphatic rings. The Morgan fingerprint density at radius 1 is 0.686 bits per heavy atom. The van der Waals surface area contributed by atoms with Crippen LogP contribution in [-0.4, -0.2) is 14.2 Å². The van der Waals surface area contributed by atoms with Crippen molar-refractivity contribution in [2.75, 3.05) is 0 Å². The van der Waals surface area contributed by atoms with Crippen LogP contribution in [-0.2, 0) is 38.8 Å². The summed E-state index contributed by atoms with van der Waals surface area (Å²) in [6.45, 7) is 9.54. The summed E-state index contributed by atoms with van der Waals surface area (Å²) in [6, 6.07) is 18.2. The minimum atomic E-state index is -0.446. The van der Waals surface area contributed by atoms with E-state index >= 15 is 0 Å². The van der Waals surface area contributed by atoms with E-state index in [4.69, 9.17) is 0 Å². The van der Waals surface area contributed by atoms with Crippen LogP contribution in [0.3, 0.4) is 0 Å². The van der Waals surface area contributed by atoms with E-state index in [-0.39, 0.29) is 5.88 Å². The molecule has 0 spiro atoms. The minimum absolute atomic E-state index is 0.258. The Hall–Kier alpha value is -3.08. The second-order valence-corrected chi connectivity index (χ2v) is 10.5. The monoisotopic (exact) mass is 476 g/mol. The first kappa shape index (κ1) is 26.5. The highest BCUT2D eigenvalue weighted by molar-refractivity contribution is 5.25. The molecule has 0 saturated heterocycles. The number of aryl methyl sites for hydroxylation is 2. The maximum Gasteiger partial charge on any atom is 0.333 e. The number of nitrogens with zero attached hydrogens (tertiary/aromatic N) is 2. The maximum atomic E-state index is 13.0. The van der Waals surface area contributed by atoms with Crippen molar-refractivity contribution < 1.29 is 5.11 Å². The Bertz CT molecular complexity index is 1220. The van der Waals surface area contributed by atoms with Gasteiger partial charge in [0.1, 0.15) is 0 Å². The highest BCUT2D eigenvalue weighted by Gasteiger charge is 2.11. The van der Waals surface area contributed by atoms with Gasteiger partial charge in [0.05, 0.1) is 6.07 Å². The number of aromatic nitrogens is 2. The quantitative estimate of drug-likeness (QED) is 0.382. The molecule has 0 saturated carbocycles. The molecular formula is C30H40N2O3. The molecule has 3 rings (SSSR count). The summed E-state index contributed by atoms with van der Waals surface area (Å²) in [6.07, 6.45) is 5.08. The molecule has 0 radical (unpaired) electrons. The first-order valence-electron chi connectivity index (χ1n) is 12.9. The third kappa shape index (κ3) is 7.98. The molecule has 0 amide bonds. The highest BCUT2D eigenvalue weighted by atomic mass is 16.3. The van der Waals surface area contributed by atoms with E-state index in [1.807, 2.05) is 0 Å². The smallest absolute Gasteiger partial charge is 0.333 e. The molecular weight excluding hydrogens is 436 g/mol. The van der Waals surface area contributed by atoms with Crippen LogP contribution in [0.25, 0.3) is 0 Å². The van der Waals surface area contributed by atoms with Crippen LogP contribution >= 0.6 is 0 Å². The van der Waals surface area contributed by atoms with E-state index in [0.717, 1.165) is 31.7 Å². The van der Waals surface area contributed by atoms with Gasteiger partial charge in [-0.15, -0.1) is 0 Å². The van der Waals surface area contributed by atoms with Crippen molar-refractivity contribution in [1.82, 2.24) is 9.13 Å². The minimum Gasteiger partial charge on any atom is -0.494 e. The Kier molecular flexibility index (Phi) is 9.53. The van der Waals surface area contributed by atoms with E-state index in [1.54, 1.807) is 0 Å². The summed E-state index contributed by atoms with van der Waals surface area (Å²) in [5.41, 5.74) is 4.20. The summed E-state index contributed by atoms with van der Waals surface area (Å²) in [5, 5.41) is 10.3. The standard InChI is InChI=1S/C30H40N2O3/c1-22(2)17-26-11-5-9-24(19-26)13-7-15-31-28(33)21-29(34)32(30(31)35)16-8-14-25-10-6-12-27(20-25)18-23(3)4/h5-6,9-12,19-23,33H,7-8,13-18H2,1-4H3. The zero-order valence-corrected chi connectivity index (χ0v) is 21.7. The van der Waals surface area contributed by atoms with Gasteiger partial charge >= 0.3 is 5.69 Å². The van der Waals surface area contributed by atoms with E-state index in [1.165, 1.54) is 31.4 Å². The third-order valence-electron chi connectivity index (χ3n) is 6.22. The largest absolute Gasteiger partial charge is 0.494 e. The molecule has 1 aromatic heterocycles. The number of hydrogen-bond acceptors (Lipinski definition) is 3. The topological polar surface area (TPSA) is 64.2 Å².